The Balaban J connectivity index is 4.54. The average Bonchev–Trinajstić information content (AvgIpc) is 2.14. The summed E-state index contributed by atoms with van der Waals surface area (Å²) >= 11 is 6.48. The maximum atomic E-state index is 11.6. The molecule has 2 nitrogen and oxygen atoms in total. The van der Waals surface area contributed by atoms with Gasteiger partial charge in [0.15, 0.2) is 0 Å². The van der Waals surface area contributed by atoms with Gasteiger partial charge in [0.2, 0.25) is 5.91 Å². The fourth-order valence-corrected chi connectivity index (χ4v) is 1.23. The Bertz CT molecular complexity index is 232. The maximum Gasteiger partial charge on any atom is 0.238 e. The molecule has 0 aliphatic carbocycles. The minimum atomic E-state index is -0.536. The van der Waals surface area contributed by atoms with Crippen molar-refractivity contribution in [1.29, 1.82) is 0 Å². The van der Waals surface area contributed by atoms with Gasteiger partial charge >= 0.3 is 0 Å². The van der Waals surface area contributed by atoms with Crippen LogP contribution >= 0.6 is 31.9 Å². The van der Waals surface area contributed by atoms with Crippen LogP contribution in [0.1, 0.15) is 13.8 Å². The molecular weight excluding hydrogens is 298 g/mol. The molecular formula is C9H13Br2NO. The maximum absolute atomic E-state index is 11.6. The van der Waals surface area contributed by atoms with Crippen molar-refractivity contribution in [3.05, 3.63) is 0 Å². The molecule has 1 unspecified atom stereocenters. The molecule has 0 N–H and O–H groups in total. The van der Waals surface area contributed by atoms with E-state index in [4.69, 9.17) is 6.42 Å². The largest absolute Gasteiger partial charge is 0.329 e. The molecule has 0 fully saturated rings. The molecule has 0 spiro atoms. The number of terminal acetylenes is 1. The standard InChI is InChI=1S/C9H13Br2NO/c1-5-9(2,3)12(4)8(13)7(11)6-10/h1,7H,6H2,2-4H3. The smallest absolute Gasteiger partial charge is 0.238 e. The molecule has 0 rings (SSSR count). The SMILES string of the molecule is C#CC(C)(C)N(C)C(=O)C(Br)CBr. The first-order chi connectivity index (χ1) is 5.86. The quantitative estimate of drug-likeness (QED) is 0.577. The van der Waals surface area contributed by atoms with E-state index in [1.165, 1.54) is 0 Å². The van der Waals surface area contributed by atoms with Crippen LogP contribution in [0.15, 0.2) is 0 Å². The molecule has 1 amide bonds. The van der Waals surface area contributed by atoms with Crippen LogP contribution in [0.4, 0.5) is 0 Å². The first kappa shape index (κ1) is 13.0. The predicted molar refractivity (Wildman–Crippen MR) is 62.2 cm³/mol. The summed E-state index contributed by atoms with van der Waals surface area (Å²) in [4.78, 5) is 13.0. The third-order valence-electron chi connectivity index (χ3n) is 1.93. The van der Waals surface area contributed by atoms with Crippen LogP contribution in [0.2, 0.25) is 0 Å². The number of hydrogen-bond donors (Lipinski definition) is 0. The second-order valence-electron chi connectivity index (χ2n) is 3.22. The summed E-state index contributed by atoms with van der Waals surface area (Å²) < 4.78 is 0. The van der Waals surface area contributed by atoms with Crippen molar-refractivity contribution in [1.82, 2.24) is 4.90 Å². The minimum absolute atomic E-state index is 0.0141. The third-order valence-corrected chi connectivity index (χ3v) is 4.16. The minimum Gasteiger partial charge on any atom is -0.329 e. The Morgan fingerprint density at radius 2 is 2.15 bits per heavy atom. The van der Waals surface area contributed by atoms with Crippen LogP contribution in [0.5, 0.6) is 0 Å². The normalized spacial score (nSPS) is 13.2. The lowest BCUT2D eigenvalue weighted by Crippen LogP contribution is -2.47. The molecule has 0 heterocycles. The Morgan fingerprint density at radius 3 is 2.46 bits per heavy atom. The van der Waals surface area contributed by atoms with Gasteiger partial charge in [-0.1, -0.05) is 37.8 Å². The van der Waals surface area contributed by atoms with Gasteiger partial charge in [-0.05, 0) is 13.8 Å². The zero-order chi connectivity index (χ0) is 10.6. The zero-order valence-electron chi connectivity index (χ0n) is 7.97. The number of hydrogen-bond acceptors (Lipinski definition) is 1. The Hall–Kier alpha value is -0.0100. The van der Waals surface area contributed by atoms with Crippen molar-refractivity contribution in [2.45, 2.75) is 24.2 Å². The molecule has 13 heavy (non-hydrogen) atoms. The van der Waals surface area contributed by atoms with E-state index in [0.717, 1.165) is 0 Å². The second kappa shape index (κ2) is 5.02. The van der Waals surface area contributed by atoms with E-state index in [-0.39, 0.29) is 10.7 Å². The van der Waals surface area contributed by atoms with E-state index in [2.05, 4.69) is 37.8 Å². The van der Waals surface area contributed by atoms with Gasteiger partial charge in [-0.3, -0.25) is 4.79 Å². The van der Waals surface area contributed by atoms with E-state index >= 15 is 0 Å². The lowest BCUT2D eigenvalue weighted by atomic mass is 10.1. The molecule has 0 aromatic rings. The first-order valence-electron chi connectivity index (χ1n) is 3.82. The van der Waals surface area contributed by atoms with Gasteiger partial charge in [0.05, 0.1) is 5.54 Å². The third kappa shape index (κ3) is 3.32. The van der Waals surface area contributed by atoms with Gasteiger partial charge < -0.3 is 4.90 Å². The van der Waals surface area contributed by atoms with Crippen LogP contribution in [0.3, 0.4) is 0 Å². The molecule has 1 atom stereocenters. The number of carbonyl (C=O) groups excluding carboxylic acids is 1. The van der Waals surface area contributed by atoms with E-state index in [9.17, 15) is 4.79 Å². The van der Waals surface area contributed by atoms with Crippen molar-refractivity contribution in [2.75, 3.05) is 12.4 Å². The van der Waals surface area contributed by atoms with Crippen molar-refractivity contribution >= 4 is 37.8 Å². The van der Waals surface area contributed by atoms with Gasteiger partial charge in [-0.15, -0.1) is 6.42 Å². The van der Waals surface area contributed by atoms with E-state index in [1.54, 1.807) is 11.9 Å². The van der Waals surface area contributed by atoms with Crippen molar-refractivity contribution in [3.8, 4) is 12.3 Å². The highest BCUT2D eigenvalue weighted by Crippen LogP contribution is 2.15. The van der Waals surface area contributed by atoms with Crippen LogP contribution in [0.25, 0.3) is 0 Å². The zero-order valence-corrected chi connectivity index (χ0v) is 11.1. The average molecular weight is 311 g/mol. The van der Waals surface area contributed by atoms with E-state index in [1.807, 2.05) is 13.8 Å². The summed E-state index contributed by atoms with van der Waals surface area (Å²) in [5.41, 5.74) is -0.536. The molecule has 0 saturated carbocycles. The number of rotatable bonds is 3. The molecule has 0 aromatic heterocycles. The fraction of sp³-hybridized carbons (Fsp3) is 0.667. The van der Waals surface area contributed by atoms with Crippen LogP contribution in [-0.2, 0) is 4.79 Å². The summed E-state index contributed by atoms with van der Waals surface area (Å²) in [5, 5.41) is 0.580. The van der Waals surface area contributed by atoms with Crippen LogP contribution < -0.4 is 0 Å². The highest BCUT2D eigenvalue weighted by molar-refractivity contribution is 9.12. The first-order valence-corrected chi connectivity index (χ1v) is 5.86. The van der Waals surface area contributed by atoms with Gasteiger partial charge in [0, 0.05) is 12.4 Å². The Morgan fingerprint density at radius 1 is 1.69 bits per heavy atom. The topological polar surface area (TPSA) is 20.3 Å². The monoisotopic (exact) mass is 309 g/mol. The van der Waals surface area contributed by atoms with Crippen molar-refractivity contribution in [2.24, 2.45) is 0 Å². The Labute approximate surface area is 96.3 Å². The Kier molecular flexibility index (Phi) is 5.01. The fourth-order valence-electron chi connectivity index (χ4n) is 0.648. The molecule has 0 aliphatic rings. The van der Waals surface area contributed by atoms with Crippen LogP contribution in [-0.4, -0.2) is 33.6 Å². The van der Waals surface area contributed by atoms with Gasteiger partial charge in [-0.2, -0.15) is 0 Å². The lowest BCUT2D eigenvalue weighted by Gasteiger charge is -2.32. The summed E-state index contributed by atoms with van der Waals surface area (Å²) in [6.07, 6.45) is 5.32. The molecule has 0 aromatic carbocycles. The van der Waals surface area contributed by atoms with Crippen LogP contribution in [0, 0.1) is 12.3 Å². The molecule has 4 heteroatoms. The number of amides is 1. The summed E-state index contributed by atoms with van der Waals surface area (Å²) in [6, 6.07) is 0. The molecule has 0 bridgehead atoms. The van der Waals surface area contributed by atoms with Gasteiger partial charge in [-0.25, -0.2) is 0 Å². The summed E-state index contributed by atoms with van der Waals surface area (Å²) in [6.45, 7) is 3.66. The van der Waals surface area contributed by atoms with Gasteiger partial charge in [0.1, 0.15) is 4.83 Å². The second-order valence-corrected chi connectivity index (χ2v) is 4.98. The van der Waals surface area contributed by atoms with Crippen molar-refractivity contribution in [3.63, 3.8) is 0 Å². The predicted octanol–water partition coefficient (Wildman–Crippen LogP) is 2.01. The van der Waals surface area contributed by atoms with Gasteiger partial charge in [0.25, 0.3) is 0 Å². The number of alkyl halides is 2. The molecule has 0 aliphatic heterocycles. The summed E-state index contributed by atoms with van der Waals surface area (Å²) in [7, 11) is 1.71. The van der Waals surface area contributed by atoms with Crippen molar-refractivity contribution < 1.29 is 4.79 Å². The number of nitrogens with zero attached hydrogens (tertiary/aromatic N) is 1. The van der Waals surface area contributed by atoms with E-state index in [0.29, 0.717) is 5.33 Å². The van der Waals surface area contributed by atoms with E-state index < -0.39 is 5.54 Å². The summed E-state index contributed by atoms with van der Waals surface area (Å²) in [5.74, 6) is 2.56. The highest BCUT2D eigenvalue weighted by atomic mass is 79.9. The number of carbonyl (C=O) groups is 1. The number of halogens is 2. The lowest BCUT2D eigenvalue weighted by molar-refractivity contribution is -0.131. The molecule has 74 valence electrons. The molecule has 0 radical (unpaired) electrons. The molecule has 0 saturated heterocycles. The highest BCUT2D eigenvalue weighted by Gasteiger charge is 2.28.